The van der Waals surface area contributed by atoms with E-state index in [-0.39, 0.29) is 6.10 Å². The highest BCUT2D eigenvalue weighted by Crippen LogP contribution is 2.28. The summed E-state index contributed by atoms with van der Waals surface area (Å²) >= 11 is 7.83. The average molecular weight is 294 g/mol. The summed E-state index contributed by atoms with van der Waals surface area (Å²) in [4.78, 5) is 2.41. The maximum atomic E-state index is 6.08. The van der Waals surface area contributed by atoms with Crippen LogP contribution in [0.15, 0.2) is 35.0 Å². The minimum atomic E-state index is 0.195. The number of hydrogen-bond donors (Lipinski definition) is 0. The van der Waals surface area contributed by atoms with Gasteiger partial charge in [0.25, 0.3) is 0 Å². The van der Waals surface area contributed by atoms with Crippen molar-refractivity contribution in [2.24, 2.45) is 0 Å². The van der Waals surface area contributed by atoms with Crippen molar-refractivity contribution in [3.05, 3.63) is 51.2 Å². The van der Waals surface area contributed by atoms with Gasteiger partial charge in [-0.2, -0.15) is 11.3 Å². The molecule has 1 aliphatic rings. The van der Waals surface area contributed by atoms with Gasteiger partial charge in [-0.1, -0.05) is 11.6 Å². The molecule has 1 aliphatic heterocycles. The van der Waals surface area contributed by atoms with Crippen LogP contribution in [0.1, 0.15) is 18.1 Å². The highest BCUT2D eigenvalue weighted by atomic mass is 35.5. The van der Waals surface area contributed by atoms with Crippen LogP contribution in [0.25, 0.3) is 0 Å². The highest BCUT2D eigenvalue weighted by Gasteiger charge is 2.20. The molecule has 4 heteroatoms. The van der Waals surface area contributed by atoms with Crippen molar-refractivity contribution < 1.29 is 4.74 Å². The molecule has 3 rings (SSSR count). The van der Waals surface area contributed by atoms with Gasteiger partial charge in [-0.05, 0) is 47.5 Å². The van der Waals surface area contributed by atoms with E-state index < -0.39 is 0 Å². The summed E-state index contributed by atoms with van der Waals surface area (Å²) in [6.07, 6.45) is 0.195. The Labute approximate surface area is 122 Å². The van der Waals surface area contributed by atoms with E-state index in [9.17, 15) is 0 Å². The van der Waals surface area contributed by atoms with E-state index in [2.05, 4.69) is 28.7 Å². The van der Waals surface area contributed by atoms with Gasteiger partial charge in [-0.25, -0.2) is 0 Å². The third-order valence-electron chi connectivity index (χ3n) is 3.25. The predicted octanol–water partition coefficient (Wildman–Crippen LogP) is 4.18. The minimum absolute atomic E-state index is 0.195. The Morgan fingerprint density at radius 2 is 2.32 bits per heavy atom. The summed E-state index contributed by atoms with van der Waals surface area (Å²) < 4.78 is 5.96. The molecular formula is C15H16ClNOS. The fourth-order valence-corrected chi connectivity index (χ4v) is 3.33. The largest absolute Gasteiger partial charge is 0.489 e. The van der Waals surface area contributed by atoms with E-state index >= 15 is 0 Å². The number of rotatable bonds is 2. The number of benzene rings is 1. The van der Waals surface area contributed by atoms with E-state index in [4.69, 9.17) is 16.3 Å². The van der Waals surface area contributed by atoms with Crippen LogP contribution in [0.5, 0.6) is 5.75 Å². The topological polar surface area (TPSA) is 12.5 Å². The third-order valence-corrected chi connectivity index (χ3v) is 4.21. The molecule has 0 saturated heterocycles. The molecule has 0 saturated carbocycles. The Balaban J connectivity index is 1.83. The number of fused-ring (bicyclic) bond motifs is 1. The average Bonchev–Trinajstić information content (AvgIpc) is 2.79. The Bertz CT molecular complexity index is 555. The second-order valence-electron chi connectivity index (χ2n) is 4.98. The molecule has 0 amide bonds. The molecular weight excluding hydrogens is 278 g/mol. The first-order valence-corrected chi connectivity index (χ1v) is 7.71. The molecule has 2 aromatic rings. The molecule has 1 aromatic heterocycles. The summed E-state index contributed by atoms with van der Waals surface area (Å²) in [5, 5.41) is 5.10. The van der Waals surface area contributed by atoms with E-state index in [0.717, 1.165) is 30.4 Å². The van der Waals surface area contributed by atoms with Crippen molar-refractivity contribution >= 4 is 22.9 Å². The lowest BCUT2D eigenvalue weighted by molar-refractivity contribution is 0.156. The standard InChI is InChI=1S/C15H16ClNOS/c1-11-7-17(8-12-4-5-19-10-12)9-13-6-14(16)2-3-15(13)18-11/h2-6,10-11H,7-9H2,1H3. The molecule has 19 heavy (non-hydrogen) atoms. The molecule has 0 aliphatic carbocycles. The van der Waals surface area contributed by atoms with Crippen LogP contribution in [0.2, 0.25) is 5.02 Å². The number of hydrogen-bond acceptors (Lipinski definition) is 3. The summed E-state index contributed by atoms with van der Waals surface area (Å²) in [7, 11) is 0. The summed E-state index contributed by atoms with van der Waals surface area (Å²) in [6, 6.07) is 8.05. The van der Waals surface area contributed by atoms with Crippen LogP contribution in [-0.4, -0.2) is 17.5 Å². The second kappa shape index (κ2) is 5.53. The van der Waals surface area contributed by atoms with E-state index in [1.54, 1.807) is 11.3 Å². The van der Waals surface area contributed by atoms with E-state index in [0.29, 0.717) is 0 Å². The normalized spacial score (nSPS) is 19.6. The van der Waals surface area contributed by atoms with Crippen molar-refractivity contribution in [2.45, 2.75) is 26.1 Å². The first-order chi connectivity index (χ1) is 9.20. The summed E-state index contributed by atoms with van der Waals surface area (Å²) in [5.74, 6) is 0.963. The van der Waals surface area contributed by atoms with Crippen molar-refractivity contribution in [3.63, 3.8) is 0 Å². The van der Waals surface area contributed by atoms with Gasteiger partial charge in [-0.3, -0.25) is 4.90 Å². The van der Waals surface area contributed by atoms with Gasteiger partial charge in [-0.15, -0.1) is 0 Å². The van der Waals surface area contributed by atoms with Crippen LogP contribution in [0.4, 0.5) is 0 Å². The van der Waals surface area contributed by atoms with E-state index in [1.807, 2.05) is 18.2 Å². The van der Waals surface area contributed by atoms with Gasteiger partial charge in [0.15, 0.2) is 0 Å². The van der Waals surface area contributed by atoms with Crippen molar-refractivity contribution in [2.75, 3.05) is 6.54 Å². The Kier molecular flexibility index (Phi) is 3.78. The monoisotopic (exact) mass is 293 g/mol. The lowest BCUT2D eigenvalue weighted by Gasteiger charge is -2.21. The zero-order valence-electron chi connectivity index (χ0n) is 10.8. The second-order valence-corrected chi connectivity index (χ2v) is 6.20. The van der Waals surface area contributed by atoms with Crippen LogP contribution < -0.4 is 4.74 Å². The SMILES string of the molecule is CC1CN(Cc2ccsc2)Cc2cc(Cl)ccc2O1. The van der Waals surface area contributed by atoms with Crippen LogP contribution >= 0.6 is 22.9 Å². The molecule has 1 unspecified atom stereocenters. The zero-order chi connectivity index (χ0) is 13.2. The van der Waals surface area contributed by atoms with Gasteiger partial charge in [0.05, 0.1) is 0 Å². The van der Waals surface area contributed by atoms with Crippen molar-refractivity contribution in [1.82, 2.24) is 4.90 Å². The molecule has 2 nitrogen and oxygen atoms in total. The quantitative estimate of drug-likeness (QED) is 0.823. The summed E-state index contributed by atoms with van der Waals surface area (Å²) in [6.45, 7) is 4.89. The molecule has 2 heterocycles. The van der Waals surface area contributed by atoms with Crippen LogP contribution in [0, 0.1) is 0 Å². The summed E-state index contributed by atoms with van der Waals surface area (Å²) in [5.41, 5.74) is 2.54. The molecule has 1 atom stereocenters. The van der Waals surface area contributed by atoms with E-state index in [1.165, 1.54) is 11.1 Å². The molecule has 0 radical (unpaired) electrons. The minimum Gasteiger partial charge on any atom is -0.489 e. The fourth-order valence-electron chi connectivity index (χ4n) is 2.47. The molecule has 0 bridgehead atoms. The fraction of sp³-hybridized carbons (Fsp3) is 0.333. The highest BCUT2D eigenvalue weighted by molar-refractivity contribution is 7.07. The van der Waals surface area contributed by atoms with Crippen molar-refractivity contribution in [3.8, 4) is 5.75 Å². The Morgan fingerprint density at radius 3 is 3.11 bits per heavy atom. The van der Waals surface area contributed by atoms with Crippen LogP contribution in [-0.2, 0) is 13.1 Å². The lowest BCUT2D eigenvalue weighted by Crippen LogP contribution is -2.30. The Hall–Kier alpha value is -1.03. The lowest BCUT2D eigenvalue weighted by atomic mass is 10.2. The van der Waals surface area contributed by atoms with Gasteiger partial charge < -0.3 is 4.74 Å². The molecule has 0 fully saturated rings. The number of nitrogens with zero attached hydrogens (tertiary/aromatic N) is 1. The zero-order valence-corrected chi connectivity index (χ0v) is 12.4. The van der Waals surface area contributed by atoms with Gasteiger partial charge in [0, 0.05) is 30.2 Å². The number of halogens is 1. The van der Waals surface area contributed by atoms with Gasteiger partial charge in [0.1, 0.15) is 11.9 Å². The maximum absolute atomic E-state index is 6.08. The predicted molar refractivity (Wildman–Crippen MR) is 80.0 cm³/mol. The third kappa shape index (κ3) is 3.11. The maximum Gasteiger partial charge on any atom is 0.124 e. The first kappa shape index (κ1) is 13.0. The molecule has 1 aromatic carbocycles. The number of thiophene rings is 1. The first-order valence-electron chi connectivity index (χ1n) is 6.39. The van der Waals surface area contributed by atoms with Crippen LogP contribution in [0.3, 0.4) is 0 Å². The number of ether oxygens (including phenoxy) is 1. The smallest absolute Gasteiger partial charge is 0.124 e. The molecule has 100 valence electrons. The van der Waals surface area contributed by atoms with Gasteiger partial charge in [0.2, 0.25) is 0 Å². The van der Waals surface area contributed by atoms with Crippen molar-refractivity contribution in [1.29, 1.82) is 0 Å². The molecule has 0 spiro atoms. The molecule has 0 N–H and O–H groups in total. The Morgan fingerprint density at radius 1 is 1.42 bits per heavy atom. The van der Waals surface area contributed by atoms with Gasteiger partial charge >= 0.3 is 0 Å².